The van der Waals surface area contributed by atoms with Gasteiger partial charge in [0.05, 0.1) is 13.2 Å². The smallest absolute Gasteiger partial charge is 0.330 e. The number of ketones is 2. The van der Waals surface area contributed by atoms with Crippen LogP contribution in [0.4, 0.5) is 0 Å². The van der Waals surface area contributed by atoms with E-state index in [2.05, 4.69) is 23.8 Å². The first-order chi connectivity index (χ1) is 16.9. The van der Waals surface area contributed by atoms with E-state index >= 15 is 0 Å². The van der Waals surface area contributed by atoms with Gasteiger partial charge in [0, 0.05) is 37.1 Å². The van der Waals surface area contributed by atoms with E-state index in [0.717, 1.165) is 6.42 Å². The van der Waals surface area contributed by atoms with E-state index < -0.39 is 35.3 Å². The van der Waals surface area contributed by atoms with Crippen LogP contribution in [0.5, 0.6) is 0 Å². The Morgan fingerprint density at radius 1 is 0.784 bits per heavy atom. The first kappa shape index (κ1) is 38.2. The fourth-order valence-electron chi connectivity index (χ4n) is 2.50. The second kappa shape index (κ2) is 20.8. The average Bonchev–Trinajstić information content (AvgIpc) is 2.78. The Kier molecular flexibility index (Phi) is 21.4. The molecule has 0 aliphatic rings. The zero-order chi connectivity index (χ0) is 29.8. The van der Waals surface area contributed by atoms with Crippen LogP contribution in [-0.2, 0) is 28.8 Å². The molecule has 0 saturated heterocycles. The summed E-state index contributed by atoms with van der Waals surface area (Å²) in [7, 11) is 0. The van der Waals surface area contributed by atoms with Gasteiger partial charge in [-0.2, -0.15) is 0 Å². The highest BCUT2D eigenvalue weighted by molar-refractivity contribution is 6.36. The quantitative estimate of drug-likeness (QED) is 0.130. The molecule has 0 spiro atoms. The van der Waals surface area contributed by atoms with Gasteiger partial charge in [0.15, 0.2) is 0 Å². The predicted molar refractivity (Wildman–Crippen MR) is 137 cm³/mol. The van der Waals surface area contributed by atoms with Crippen molar-refractivity contribution in [2.45, 2.75) is 60.3 Å². The number of carboxylic acid groups (broad SMARTS) is 2. The van der Waals surface area contributed by atoms with Crippen LogP contribution in [0.2, 0.25) is 0 Å². The molecule has 0 radical (unpaired) electrons. The molecule has 0 rings (SSSR count). The van der Waals surface area contributed by atoms with Gasteiger partial charge in [-0.15, -0.1) is 0 Å². The van der Waals surface area contributed by atoms with E-state index in [1.807, 2.05) is 20.8 Å². The molecule has 1 atom stereocenters. The highest BCUT2D eigenvalue weighted by Gasteiger charge is 2.23. The van der Waals surface area contributed by atoms with Crippen molar-refractivity contribution >= 4 is 35.3 Å². The van der Waals surface area contributed by atoms with E-state index in [0.29, 0.717) is 19.5 Å². The normalized spacial score (nSPS) is 10.8. The number of rotatable bonds is 15. The van der Waals surface area contributed by atoms with Crippen LogP contribution in [-0.4, -0.2) is 82.0 Å². The van der Waals surface area contributed by atoms with Gasteiger partial charge < -0.3 is 31.1 Å². The maximum Gasteiger partial charge on any atom is 0.330 e. The monoisotopic (exact) mass is 530 g/mol. The summed E-state index contributed by atoms with van der Waals surface area (Å²) in [4.78, 5) is 64.8. The maximum atomic E-state index is 11.6. The molecule has 0 aliphatic heterocycles. The number of Topliss-reactive ketones (excluding diaryl/α,β-unsaturated/α-hetero) is 2. The van der Waals surface area contributed by atoms with Crippen molar-refractivity contribution in [3.63, 3.8) is 0 Å². The van der Waals surface area contributed by atoms with Gasteiger partial charge in [-0.25, -0.2) is 9.59 Å². The van der Waals surface area contributed by atoms with Crippen LogP contribution < -0.4 is 10.6 Å². The second-order valence-corrected chi connectivity index (χ2v) is 9.17. The number of hydrogen-bond acceptors (Lipinski definition) is 8. The van der Waals surface area contributed by atoms with E-state index in [-0.39, 0.29) is 48.5 Å². The Hall–Kier alpha value is -3.38. The summed E-state index contributed by atoms with van der Waals surface area (Å²) in [6.45, 7) is 15.1. The van der Waals surface area contributed by atoms with Crippen LogP contribution in [0.25, 0.3) is 0 Å². The third-order valence-corrected chi connectivity index (χ3v) is 4.47. The van der Waals surface area contributed by atoms with Crippen molar-refractivity contribution in [3.8, 4) is 0 Å². The summed E-state index contributed by atoms with van der Waals surface area (Å²) in [5.41, 5.74) is 0.107. The van der Waals surface area contributed by atoms with Crippen molar-refractivity contribution in [1.82, 2.24) is 10.6 Å². The molecule has 0 aromatic heterocycles. The lowest BCUT2D eigenvalue weighted by molar-refractivity contribution is -0.138. The maximum absolute atomic E-state index is 11.6. The van der Waals surface area contributed by atoms with Crippen LogP contribution in [0.15, 0.2) is 24.3 Å². The first-order valence-electron chi connectivity index (χ1n) is 11.5. The summed E-state index contributed by atoms with van der Waals surface area (Å²) < 4.78 is 0. The Labute approximate surface area is 217 Å². The molecule has 1 unspecified atom stereocenters. The molecule has 12 nitrogen and oxygen atoms in total. The fraction of sp³-hybridized carbons (Fsp3) is 0.600. The Bertz CT molecular complexity index is 770. The molecule has 0 aromatic rings. The number of aliphatic hydroxyl groups is 2. The number of hydrogen-bond donors (Lipinski definition) is 6. The van der Waals surface area contributed by atoms with Crippen LogP contribution >= 0.6 is 0 Å². The summed E-state index contributed by atoms with van der Waals surface area (Å²) in [5, 5.41) is 38.2. The molecule has 2 amide bonds. The molecule has 37 heavy (non-hydrogen) atoms. The van der Waals surface area contributed by atoms with Crippen molar-refractivity contribution in [3.05, 3.63) is 24.3 Å². The van der Waals surface area contributed by atoms with E-state index in [1.54, 1.807) is 0 Å². The number of carboxylic acids is 2. The van der Waals surface area contributed by atoms with E-state index in [9.17, 15) is 28.8 Å². The third-order valence-electron chi connectivity index (χ3n) is 4.47. The van der Waals surface area contributed by atoms with Crippen molar-refractivity contribution in [2.24, 2.45) is 11.3 Å². The zero-order valence-corrected chi connectivity index (χ0v) is 22.4. The number of carbonyl (C=O) groups is 6. The second-order valence-electron chi connectivity index (χ2n) is 9.17. The molecule has 0 aromatic carbocycles. The van der Waals surface area contributed by atoms with Gasteiger partial charge in [0.1, 0.15) is 0 Å². The summed E-state index contributed by atoms with van der Waals surface area (Å²) in [6, 6.07) is 0. The van der Waals surface area contributed by atoms with Crippen LogP contribution in [0, 0.1) is 11.3 Å². The molecule has 0 saturated carbocycles. The highest BCUT2D eigenvalue weighted by atomic mass is 16.4. The van der Waals surface area contributed by atoms with Crippen molar-refractivity contribution in [1.29, 1.82) is 0 Å². The van der Waals surface area contributed by atoms with Gasteiger partial charge >= 0.3 is 11.9 Å². The molecule has 6 N–H and O–H groups in total. The SMILES string of the molecule is C=C(C)C(=O)O.C=C(C)C(=O)O.CC(CCNC(=O)C(=O)CCO)CC(C)(C)CNC(=O)C(=O)CCO. The van der Waals surface area contributed by atoms with Crippen molar-refractivity contribution < 1.29 is 49.2 Å². The summed E-state index contributed by atoms with van der Waals surface area (Å²) in [5.74, 6) is -4.29. The van der Waals surface area contributed by atoms with Gasteiger partial charge in [0.2, 0.25) is 11.6 Å². The molecule has 0 bridgehead atoms. The fourth-order valence-corrected chi connectivity index (χ4v) is 2.50. The Balaban J connectivity index is -0.000000790. The molecule has 212 valence electrons. The number of aliphatic hydroxyl groups excluding tert-OH is 2. The van der Waals surface area contributed by atoms with Crippen molar-refractivity contribution in [2.75, 3.05) is 26.3 Å². The summed E-state index contributed by atoms with van der Waals surface area (Å²) >= 11 is 0. The molecule has 12 heteroatoms. The molecule has 0 heterocycles. The minimum absolute atomic E-state index is 0.176. The largest absolute Gasteiger partial charge is 0.478 e. The summed E-state index contributed by atoms with van der Waals surface area (Å²) in [6.07, 6.45) is 1.06. The molecule has 0 fully saturated rings. The minimum atomic E-state index is -0.935. The number of nitrogens with one attached hydrogen (secondary N) is 2. The molecular weight excluding hydrogens is 488 g/mol. The van der Waals surface area contributed by atoms with Gasteiger partial charge in [0.25, 0.3) is 11.8 Å². The lowest BCUT2D eigenvalue weighted by Crippen LogP contribution is -2.39. The Morgan fingerprint density at radius 2 is 1.14 bits per heavy atom. The standard InChI is InChI=1S/C17H30N2O6.2C4H6O2/c1-12(4-7-18-15(24)13(22)5-8-20)10-17(2,3)11-19-16(25)14(23)6-9-21;2*1-3(2)4(5)6/h12,20-21H,4-11H2,1-3H3,(H,18,24)(H,19,25);2*1H2,2H3,(H,5,6). The molecular formula is C25H42N2O10. The van der Waals surface area contributed by atoms with E-state index in [4.69, 9.17) is 20.4 Å². The zero-order valence-electron chi connectivity index (χ0n) is 22.4. The lowest BCUT2D eigenvalue weighted by atomic mass is 9.82. The number of carbonyl (C=O) groups excluding carboxylic acids is 4. The van der Waals surface area contributed by atoms with Crippen LogP contribution in [0.1, 0.15) is 60.3 Å². The third kappa shape index (κ3) is 24.1. The minimum Gasteiger partial charge on any atom is -0.478 e. The molecule has 0 aliphatic carbocycles. The average molecular weight is 531 g/mol. The van der Waals surface area contributed by atoms with E-state index in [1.165, 1.54) is 13.8 Å². The predicted octanol–water partition coefficient (Wildman–Crippen LogP) is 0.859. The highest BCUT2D eigenvalue weighted by Crippen LogP contribution is 2.26. The number of amides is 2. The first-order valence-corrected chi connectivity index (χ1v) is 11.5. The van der Waals surface area contributed by atoms with Gasteiger partial charge in [-0.05, 0) is 38.0 Å². The van der Waals surface area contributed by atoms with Crippen LogP contribution in [0.3, 0.4) is 0 Å². The van der Waals surface area contributed by atoms with Gasteiger partial charge in [-0.3, -0.25) is 19.2 Å². The number of aliphatic carboxylic acids is 2. The van der Waals surface area contributed by atoms with Gasteiger partial charge in [-0.1, -0.05) is 33.9 Å². The lowest BCUT2D eigenvalue weighted by Gasteiger charge is -2.28. The Morgan fingerprint density at radius 3 is 1.46 bits per heavy atom. The topological polar surface area (TPSA) is 207 Å².